The first-order valence-electron chi connectivity index (χ1n) is 12.1. The second-order valence-corrected chi connectivity index (χ2v) is 9.12. The van der Waals surface area contributed by atoms with E-state index in [1.165, 1.54) is 0 Å². The van der Waals surface area contributed by atoms with Gasteiger partial charge in [-0.2, -0.15) is 0 Å². The summed E-state index contributed by atoms with van der Waals surface area (Å²) in [5, 5.41) is 0. The van der Waals surface area contributed by atoms with Crippen molar-refractivity contribution in [2.45, 2.75) is 39.4 Å². The molecule has 0 aliphatic heterocycles. The van der Waals surface area contributed by atoms with Crippen LogP contribution in [0.25, 0.3) is 11.1 Å². The van der Waals surface area contributed by atoms with Gasteiger partial charge in [-0.25, -0.2) is 4.39 Å². The largest absolute Gasteiger partial charge is 0.488 e. The van der Waals surface area contributed by atoms with Crippen molar-refractivity contribution in [3.63, 3.8) is 0 Å². The van der Waals surface area contributed by atoms with Gasteiger partial charge in [0.25, 0.3) is 0 Å². The van der Waals surface area contributed by atoms with Gasteiger partial charge in [-0.05, 0) is 80.4 Å². The molecule has 1 unspecified atom stereocenters. The van der Waals surface area contributed by atoms with Crippen LogP contribution in [-0.4, -0.2) is 44.8 Å². The van der Waals surface area contributed by atoms with E-state index in [0.29, 0.717) is 38.4 Å². The summed E-state index contributed by atoms with van der Waals surface area (Å²) in [7, 11) is 2.64. The van der Waals surface area contributed by atoms with Crippen LogP contribution in [-0.2, 0) is 15.9 Å². The molecule has 0 aliphatic rings. The molecule has 0 aliphatic carbocycles. The highest BCUT2D eigenvalue weighted by Crippen LogP contribution is 2.27. The minimum Gasteiger partial charge on any atom is -0.488 e. The van der Waals surface area contributed by atoms with Gasteiger partial charge >= 0.3 is 0 Å². The standard InChI is InChI=1S/C29H36FO4P/c1-4-31-19-21(2)33-27-12-8-25(9-13-27)28-14-7-24(18-29(28)30)17-23-5-10-26(11-6-23)34-22(3)20-32-15-16-35/h5-14,18,21-22H,4,15-17,19-20,35H2,1-3H3/t21-,22+/m1/s1. The summed E-state index contributed by atoms with van der Waals surface area (Å²) in [6.45, 7) is 8.38. The fourth-order valence-electron chi connectivity index (χ4n) is 3.69. The molecular weight excluding hydrogens is 462 g/mol. The molecule has 3 atom stereocenters. The van der Waals surface area contributed by atoms with Gasteiger partial charge < -0.3 is 18.9 Å². The molecule has 0 heterocycles. The summed E-state index contributed by atoms with van der Waals surface area (Å²) >= 11 is 0. The predicted molar refractivity (Wildman–Crippen MR) is 143 cm³/mol. The average Bonchev–Trinajstić information content (AvgIpc) is 2.85. The highest BCUT2D eigenvalue weighted by atomic mass is 31.0. The minimum absolute atomic E-state index is 0.0156. The van der Waals surface area contributed by atoms with Crippen molar-refractivity contribution in [2.75, 3.05) is 32.6 Å². The number of hydrogen-bond donors (Lipinski definition) is 0. The van der Waals surface area contributed by atoms with Gasteiger partial charge in [0.05, 0.1) is 19.8 Å². The molecule has 4 nitrogen and oxygen atoms in total. The summed E-state index contributed by atoms with van der Waals surface area (Å²) in [6, 6.07) is 20.9. The molecule has 0 radical (unpaired) electrons. The predicted octanol–water partition coefficient (Wildman–Crippen LogP) is 6.55. The Kier molecular flexibility index (Phi) is 11.0. The maximum Gasteiger partial charge on any atom is 0.131 e. The van der Waals surface area contributed by atoms with Crippen molar-refractivity contribution in [1.82, 2.24) is 0 Å². The van der Waals surface area contributed by atoms with E-state index in [1.54, 1.807) is 6.07 Å². The zero-order valence-corrected chi connectivity index (χ0v) is 22.0. The molecule has 6 heteroatoms. The Balaban J connectivity index is 1.57. The lowest BCUT2D eigenvalue weighted by Gasteiger charge is -2.15. The van der Waals surface area contributed by atoms with Gasteiger partial charge in [0.1, 0.15) is 29.5 Å². The van der Waals surface area contributed by atoms with Crippen LogP contribution in [0.4, 0.5) is 4.39 Å². The molecule has 3 aromatic carbocycles. The number of halogens is 1. The lowest BCUT2D eigenvalue weighted by molar-refractivity contribution is 0.0657. The second kappa shape index (κ2) is 14.2. The zero-order valence-electron chi connectivity index (χ0n) is 20.8. The molecule has 3 rings (SSSR count). The summed E-state index contributed by atoms with van der Waals surface area (Å²) in [6.07, 6.45) is 1.51. The number of ether oxygens (including phenoxy) is 4. The molecule has 3 aromatic rings. The van der Waals surface area contributed by atoms with Crippen LogP contribution in [0.2, 0.25) is 0 Å². The second-order valence-electron chi connectivity index (χ2n) is 8.54. The Morgan fingerprint density at radius 3 is 1.91 bits per heavy atom. The quantitative estimate of drug-likeness (QED) is 0.187. The first-order valence-corrected chi connectivity index (χ1v) is 13.0. The zero-order chi connectivity index (χ0) is 25.0. The Labute approximate surface area is 211 Å². The summed E-state index contributed by atoms with van der Waals surface area (Å²) < 4.78 is 37.6. The maximum absolute atomic E-state index is 14.9. The molecule has 188 valence electrons. The monoisotopic (exact) mass is 498 g/mol. The summed E-state index contributed by atoms with van der Waals surface area (Å²) in [5.74, 6) is 1.31. The first kappa shape index (κ1) is 27.1. The fourth-order valence-corrected chi connectivity index (χ4v) is 3.85. The van der Waals surface area contributed by atoms with Gasteiger partial charge in [-0.15, -0.1) is 9.24 Å². The Hall–Kier alpha value is -2.46. The van der Waals surface area contributed by atoms with E-state index in [2.05, 4.69) is 9.24 Å². The van der Waals surface area contributed by atoms with E-state index in [-0.39, 0.29) is 18.0 Å². The maximum atomic E-state index is 14.9. The molecule has 0 fully saturated rings. The van der Waals surface area contributed by atoms with E-state index in [1.807, 2.05) is 81.4 Å². The lowest BCUT2D eigenvalue weighted by atomic mass is 9.99. The Bertz CT molecular complexity index is 1020. The molecule has 0 spiro atoms. The van der Waals surface area contributed by atoms with Crippen LogP contribution >= 0.6 is 9.24 Å². The van der Waals surface area contributed by atoms with Gasteiger partial charge in [0, 0.05) is 12.2 Å². The third-order valence-corrected chi connectivity index (χ3v) is 5.61. The number of rotatable bonds is 14. The van der Waals surface area contributed by atoms with Crippen LogP contribution in [0.5, 0.6) is 11.5 Å². The van der Waals surface area contributed by atoms with E-state index >= 15 is 0 Å². The SMILES string of the molecule is CCOC[C@@H](C)Oc1ccc(-c2ccc(Cc3ccc(O[C@@H](C)COCCP)cc3)cc2F)cc1. The Morgan fingerprint density at radius 1 is 0.771 bits per heavy atom. The molecule has 35 heavy (non-hydrogen) atoms. The number of hydrogen-bond acceptors (Lipinski definition) is 4. The first-order chi connectivity index (χ1) is 17.0. The molecule has 0 N–H and O–H groups in total. The van der Waals surface area contributed by atoms with Crippen molar-refractivity contribution in [3.8, 4) is 22.6 Å². The van der Waals surface area contributed by atoms with E-state index in [9.17, 15) is 4.39 Å². The molecule has 0 amide bonds. The molecule has 0 bridgehead atoms. The lowest BCUT2D eigenvalue weighted by Crippen LogP contribution is -2.19. The molecule has 0 saturated carbocycles. The highest BCUT2D eigenvalue weighted by Gasteiger charge is 2.10. The van der Waals surface area contributed by atoms with Crippen LogP contribution in [0.3, 0.4) is 0 Å². The van der Waals surface area contributed by atoms with Crippen LogP contribution < -0.4 is 9.47 Å². The van der Waals surface area contributed by atoms with E-state index in [0.717, 1.165) is 34.4 Å². The van der Waals surface area contributed by atoms with Gasteiger partial charge in [-0.3, -0.25) is 0 Å². The van der Waals surface area contributed by atoms with Crippen molar-refractivity contribution in [1.29, 1.82) is 0 Å². The topological polar surface area (TPSA) is 36.9 Å². The van der Waals surface area contributed by atoms with E-state index in [4.69, 9.17) is 18.9 Å². The van der Waals surface area contributed by atoms with Crippen LogP contribution in [0.1, 0.15) is 31.9 Å². The summed E-state index contributed by atoms with van der Waals surface area (Å²) in [4.78, 5) is 0. The third kappa shape index (κ3) is 8.92. The Morgan fingerprint density at radius 2 is 1.34 bits per heavy atom. The van der Waals surface area contributed by atoms with Crippen molar-refractivity contribution < 1.29 is 23.3 Å². The van der Waals surface area contributed by atoms with Crippen LogP contribution in [0.15, 0.2) is 66.7 Å². The molecular formula is C29H36FO4P. The fraction of sp³-hybridized carbons (Fsp3) is 0.379. The third-order valence-electron chi connectivity index (χ3n) is 5.38. The van der Waals surface area contributed by atoms with Gasteiger partial charge in [0.15, 0.2) is 0 Å². The number of benzene rings is 3. The molecule has 0 aromatic heterocycles. The van der Waals surface area contributed by atoms with Crippen molar-refractivity contribution in [2.24, 2.45) is 0 Å². The van der Waals surface area contributed by atoms with Crippen molar-refractivity contribution in [3.05, 3.63) is 83.7 Å². The molecule has 0 saturated heterocycles. The van der Waals surface area contributed by atoms with Gasteiger partial charge in [-0.1, -0.05) is 36.4 Å². The van der Waals surface area contributed by atoms with Crippen LogP contribution in [0, 0.1) is 5.82 Å². The van der Waals surface area contributed by atoms with Gasteiger partial charge in [0.2, 0.25) is 0 Å². The highest BCUT2D eigenvalue weighted by molar-refractivity contribution is 7.16. The average molecular weight is 499 g/mol. The van der Waals surface area contributed by atoms with E-state index < -0.39 is 0 Å². The minimum atomic E-state index is -0.236. The summed E-state index contributed by atoms with van der Waals surface area (Å²) in [5.41, 5.74) is 3.41. The van der Waals surface area contributed by atoms with Crippen molar-refractivity contribution >= 4 is 9.24 Å². The normalized spacial score (nSPS) is 12.8. The smallest absolute Gasteiger partial charge is 0.131 e.